The van der Waals surface area contributed by atoms with Gasteiger partial charge in [-0.2, -0.15) is 0 Å². The lowest BCUT2D eigenvalue weighted by Crippen LogP contribution is -2.44. The number of rotatable bonds is 4. The Kier molecular flexibility index (Phi) is 5.00. The molecule has 2 atom stereocenters. The SMILES string of the molecule is NS(=O)(=O)CC1CCCN(CC2CCCNC2)C1. The number of likely N-dealkylation sites (tertiary alicyclic amines) is 1. The molecule has 2 fully saturated rings. The van der Waals surface area contributed by atoms with Crippen molar-refractivity contribution in [1.82, 2.24) is 10.2 Å². The van der Waals surface area contributed by atoms with Crippen molar-refractivity contribution in [2.24, 2.45) is 17.0 Å². The molecule has 2 unspecified atom stereocenters. The Balaban J connectivity index is 1.79. The first-order valence-corrected chi connectivity index (χ1v) is 8.68. The summed E-state index contributed by atoms with van der Waals surface area (Å²) in [5.41, 5.74) is 0. The maximum absolute atomic E-state index is 11.1. The van der Waals surface area contributed by atoms with E-state index in [1.165, 1.54) is 12.8 Å². The van der Waals surface area contributed by atoms with E-state index in [0.717, 1.165) is 51.5 Å². The smallest absolute Gasteiger partial charge is 0.209 e. The highest BCUT2D eigenvalue weighted by molar-refractivity contribution is 7.89. The minimum Gasteiger partial charge on any atom is -0.316 e. The molecule has 3 N–H and O–H groups in total. The van der Waals surface area contributed by atoms with Crippen LogP contribution in [0.15, 0.2) is 0 Å². The van der Waals surface area contributed by atoms with Gasteiger partial charge in [-0.3, -0.25) is 0 Å². The van der Waals surface area contributed by atoms with Crippen molar-refractivity contribution in [2.75, 3.05) is 38.5 Å². The summed E-state index contributed by atoms with van der Waals surface area (Å²) in [6, 6.07) is 0. The van der Waals surface area contributed by atoms with Crippen molar-refractivity contribution in [3.05, 3.63) is 0 Å². The molecule has 6 heteroatoms. The summed E-state index contributed by atoms with van der Waals surface area (Å²) >= 11 is 0. The Morgan fingerprint density at radius 2 is 2.00 bits per heavy atom. The molecule has 0 aromatic carbocycles. The van der Waals surface area contributed by atoms with Crippen molar-refractivity contribution in [2.45, 2.75) is 25.7 Å². The number of primary sulfonamides is 1. The molecule has 0 aromatic heterocycles. The van der Waals surface area contributed by atoms with Gasteiger partial charge in [-0.05, 0) is 57.2 Å². The predicted molar refractivity (Wildman–Crippen MR) is 72.7 cm³/mol. The molecular formula is C12H25N3O2S. The van der Waals surface area contributed by atoms with Crippen molar-refractivity contribution in [3.63, 3.8) is 0 Å². The molecule has 0 radical (unpaired) electrons. The fourth-order valence-electron chi connectivity index (χ4n) is 3.23. The average Bonchev–Trinajstić information content (AvgIpc) is 2.28. The summed E-state index contributed by atoms with van der Waals surface area (Å²) < 4.78 is 22.3. The molecule has 2 aliphatic rings. The molecule has 18 heavy (non-hydrogen) atoms. The molecule has 0 amide bonds. The van der Waals surface area contributed by atoms with Crippen LogP contribution in [-0.2, 0) is 10.0 Å². The van der Waals surface area contributed by atoms with E-state index in [1.807, 2.05) is 0 Å². The average molecular weight is 275 g/mol. The van der Waals surface area contributed by atoms with Gasteiger partial charge in [-0.1, -0.05) is 0 Å². The summed E-state index contributed by atoms with van der Waals surface area (Å²) in [5.74, 6) is 1.10. The largest absolute Gasteiger partial charge is 0.316 e. The summed E-state index contributed by atoms with van der Waals surface area (Å²) in [4.78, 5) is 2.43. The molecule has 0 spiro atoms. The lowest BCUT2D eigenvalue weighted by Gasteiger charge is -2.35. The molecule has 2 aliphatic heterocycles. The summed E-state index contributed by atoms with van der Waals surface area (Å²) in [7, 11) is -3.32. The van der Waals surface area contributed by atoms with Gasteiger partial charge in [0.15, 0.2) is 0 Å². The molecule has 2 saturated heterocycles. The zero-order chi connectivity index (χ0) is 13.0. The van der Waals surface area contributed by atoms with Gasteiger partial charge in [0.05, 0.1) is 5.75 Å². The van der Waals surface area contributed by atoms with Crippen LogP contribution in [0.4, 0.5) is 0 Å². The Morgan fingerprint density at radius 1 is 1.22 bits per heavy atom. The highest BCUT2D eigenvalue weighted by Crippen LogP contribution is 2.20. The number of hydrogen-bond acceptors (Lipinski definition) is 4. The first kappa shape index (κ1) is 14.2. The summed E-state index contributed by atoms with van der Waals surface area (Å²) in [6.07, 6.45) is 4.65. The van der Waals surface area contributed by atoms with Crippen LogP contribution in [0.5, 0.6) is 0 Å². The highest BCUT2D eigenvalue weighted by Gasteiger charge is 2.25. The maximum Gasteiger partial charge on any atom is 0.209 e. The second kappa shape index (κ2) is 6.32. The van der Waals surface area contributed by atoms with Crippen molar-refractivity contribution < 1.29 is 8.42 Å². The lowest BCUT2D eigenvalue weighted by molar-refractivity contribution is 0.149. The molecule has 0 aliphatic carbocycles. The zero-order valence-electron chi connectivity index (χ0n) is 11.0. The topological polar surface area (TPSA) is 75.4 Å². The number of nitrogens with one attached hydrogen (secondary N) is 1. The lowest BCUT2D eigenvalue weighted by atomic mass is 9.95. The first-order chi connectivity index (χ1) is 8.53. The van der Waals surface area contributed by atoms with Crippen LogP contribution in [0.1, 0.15) is 25.7 Å². The maximum atomic E-state index is 11.1. The number of piperidine rings is 2. The first-order valence-electron chi connectivity index (χ1n) is 6.96. The molecule has 2 rings (SSSR count). The number of sulfonamides is 1. The van der Waals surface area contributed by atoms with E-state index in [1.54, 1.807) is 0 Å². The van der Waals surface area contributed by atoms with Crippen molar-refractivity contribution in [3.8, 4) is 0 Å². The highest BCUT2D eigenvalue weighted by atomic mass is 32.2. The third-order valence-corrected chi connectivity index (χ3v) is 4.92. The van der Waals surface area contributed by atoms with Crippen LogP contribution in [-0.4, -0.2) is 51.8 Å². The Labute approximate surface area is 110 Å². The van der Waals surface area contributed by atoms with Crippen LogP contribution < -0.4 is 10.5 Å². The number of hydrogen-bond donors (Lipinski definition) is 2. The molecule has 0 saturated carbocycles. The van der Waals surface area contributed by atoms with Crippen molar-refractivity contribution in [1.29, 1.82) is 0 Å². The van der Waals surface area contributed by atoms with Crippen molar-refractivity contribution >= 4 is 10.0 Å². The minimum absolute atomic E-state index is 0.145. The normalized spacial score (nSPS) is 31.4. The second-order valence-electron chi connectivity index (χ2n) is 5.81. The zero-order valence-corrected chi connectivity index (χ0v) is 11.8. The van der Waals surface area contributed by atoms with Gasteiger partial charge in [-0.15, -0.1) is 0 Å². The van der Waals surface area contributed by atoms with E-state index in [0.29, 0.717) is 0 Å². The molecule has 5 nitrogen and oxygen atoms in total. The Morgan fingerprint density at radius 3 is 2.67 bits per heavy atom. The second-order valence-corrected chi connectivity index (χ2v) is 7.47. The molecule has 106 valence electrons. The van der Waals surface area contributed by atoms with E-state index >= 15 is 0 Å². The van der Waals surface area contributed by atoms with Crippen LogP contribution in [0, 0.1) is 11.8 Å². The molecule has 0 bridgehead atoms. The van der Waals surface area contributed by atoms with Crippen LogP contribution >= 0.6 is 0 Å². The van der Waals surface area contributed by atoms with Gasteiger partial charge in [0, 0.05) is 13.1 Å². The summed E-state index contributed by atoms with van der Waals surface area (Å²) in [6.45, 7) is 5.36. The predicted octanol–water partition coefficient (Wildman–Crippen LogP) is -0.0135. The third-order valence-electron chi connectivity index (χ3n) is 3.99. The number of nitrogens with two attached hydrogens (primary N) is 1. The minimum atomic E-state index is -3.32. The van der Waals surface area contributed by atoms with Gasteiger partial charge in [0.25, 0.3) is 0 Å². The van der Waals surface area contributed by atoms with Gasteiger partial charge in [0.1, 0.15) is 0 Å². The van der Waals surface area contributed by atoms with E-state index in [-0.39, 0.29) is 11.7 Å². The van der Waals surface area contributed by atoms with Gasteiger partial charge < -0.3 is 10.2 Å². The van der Waals surface area contributed by atoms with Crippen LogP contribution in [0.2, 0.25) is 0 Å². The van der Waals surface area contributed by atoms with Crippen LogP contribution in [0.25, 0.3) is 0 Å². The van der Waals surface area contributed by atoms with E-state index in [2.05, 4.69) is 10.2 Å². The van der Waals surface area contributed by atoms with E-state index in [4.69, 9.17) is 5.14 Å². The molecular weight excluding hydrogens is 250 g/mol. The molecule has 2 heterocycles. The number of nitrogens with zero attached hydrogens (tertiary/aromatic N) is 1. The van der Waals surface area contributed by atoms with E-state index < -0.39 is 10.0 Å². The standard InChI is InChI=1S/C12H25N3O2S/c13-18(16,17)10-12-4-2-6-15(9-12)8-11-3-1-5-14-7-11/h11-12,14H,1-10H2,(H2,13,16,17). The Hall–Kier alpha value is -0.170. The van der Waals surface area contributed by atoms with E-state index in [9.17, 15) is 8.42 Å². The van der Waals surface area contributed by atoms with Gasteiger partial charge in [0.2, 0.25) is 10.0 Å². The molecule has 0 aromatic rings. The van der Waals surface area contributed by atoms with Crippen LogP contribution in [0.3, 0.4) is 0 Å². The third kappa shape index (κ3) is 4.84. The monoisotopic (exact) mass is 275 g/mol. The van der Waals surface area contributed by atoms with Gasteiger partial charge in [-0.25, -0.2) is 13.6 Å². The fraction of sp³-hybridized carbons (Fsp3) is 1.00. The Bertz CT molecular complexity index is 352. The quantitative estimate of drug-likeness (QED) is 0.756. The fourth-order valence-corrected chi connectivity index (χ4v) is 4.16. The van der Waals surface area contributed by atoms with Gasteiger partial charge >= 0.3 is 0 Å². The summed E-state index contributed by atoms with van der Waals surface area (Å²) in [5, 5.41) is 8.57.